The highest BCUT2D eigenvalue weighted by Gasteiger charge is 2.13. The molecule has 0 atom stereocenters. The van der Waals surface area contributed by atoms with Gasteiger partial charge in [0.05, 0.1) is 4.90 Å². The maximum absolute atomic E-state index is 12.4. The molecule has 6 heteroatoms. The van der Waals surface area contributed by atoms with Crippen LogP contribution in [-0.2, 0) is 16.4 Å². The lowest BCUT2D eigenvalue weighted by Crippen LogP contribution is -2.26. The Labute approximate surface area is 160 Å². The third-order valence-electron chi connectivity index (χ3n) is 4.30. The summed E-state index contributed by atoms with van der Waals surface area (Å²) < 4.78 is 27.4. The van der Waals surface area contributed by atoms with Crippen LogP contribution in [0.15, 0.2) is 71.9 Å². The molecule has 0 aliphatic carbocycles. The van der Waals surface area contributed by atoms with Crippen LogP contribution in [-0.4, -0.2) is 24.9 Å². The molecule has 0 radical (unpaired) electrons. The zero-order valence-electron chi connectivity index (χ0n) is 15.5. The summed E-state index contributed by atoms with van der Waals surface area (Å²) in [5.41, 5.74) is 2.95. The van der Waals surface area contributed by atoms with E-state index in [-0.39, 0.29) is 4.90 Å². The summed E-state index contributed by atoms with van der Waals surface area (Å²) in [4.78, 5) is 9.00. The Morgan fingerprint density at radius 1 is 0.926 bits per heavy atom. The molecule has 27 heavy (non-hydrogen) atoms. The minimum absolute atomic E-state index is 0.280. The lowest BCUT2D eigenvalue weighted by molar-refractivity contribution is 0.581. The van der Waals surface area contributed by atoms with Crippen molar-refractivity contribution in [3.8, 4) is 11.4 Å². The molecule has 1 aromatic heterocycles. The number of benzene rings is 2. The van der Waals surface area contributed by atoms with E-state index in [4.69, 9.17) is 0 Å². The first-order chi connectivity index (χ1) is 13.0. The van der Waals surface area contributed by atoms with E-state index in [1.54, 1.807) is 24.5 Å². The Hall–Kier alpha value is -2.57. The van der Waals surface area contributed by atoms with E-state index < -0.39 is 10.0 Å². The zero-order valence-corrected chi connectivity index (χ0v) is 16.3. The van der Waals surface area contributed by atoms with Crippen molar-refractivity contribution in [3.05, 3.63) is 78.1 Å². The van der Waals surface area contributed by atoms with Gasteiger partial charge in [0, 0.05) is 24.5 Å². The Kier molecular flexibility index (Phi) is 5.98. The quantitative estimate of drug-likeness (QED) is 0.676. The lowest BCUT2D eigenvalue weighted by atomic mass is 10.0. The summed E-state index contributed by atoms with van der Waals surface area (Å²) in [5.74, 6) is 1.03. The summed E-state index contributed by atoms with van der Waals surface area (Å²) in [6, 6.07) is 16.7. The predicted octanol–water partition coefficient (Wildman–Crippen LogP) is 3.79. The Balaban J connectivity index is 1.58. The first-order valence-corrected chi connectivity index (χ1v) is 10.4. The fraction of sp³-hybridized carbons (Fsp3) is 0.238. The molecule has 1 heterocycles. The van der Waals surface area contributed by atoms with Crippen molar-refractivity contribution >= 4 is 10.0 Å². The maximum atomic E-state index is 12.4. The summed E-state index contributed by atoms with van der Waals surface area (Å²) in [6.07, 6.45) is 4.00. The van der Waals surface area contributed by atoms with Gasteiger partial charge >= 0.3 is 0 Å². The number of sulfonamides is 1. The average molecular weight is 382 g/mol. The maximum Gasteiger partial charge on any atom is 0.240 e. The highest BCUT2D eigenvalue weighted by molar-refractivity contribution is 7.89. The molecule has 5 nitrogen and oxygen atoms in total. The van der Waals surface area contributed by atoms with E-state index >= 15 is 0 Å². The average Bonchev–Trinajstić information content (AvgIpc) is 2.69. The molecule has 3 aromatic rings. The molecule has 0 bridgehead atoms. The first-order valence-electron chi connectivity index (χ1n) is 8.92. The van der Waals surface area contributed by atoms with Crippen LogP contribution in [0.3, 0.4) is 0 Å². The van der Waals surface area contributed by atoms with Gasteiger partial charge in [-0.15, -0.1) is 0 Å². The fourth-order valence-corrected chi connectivity index (χ4v) is 3.70. The molecule has 0 aliphatic heterocycles. The molecule has 0 unspecified atom stereocenters. The van der Waals surface area contributed by atoms with Crippen molar-refractivity contribution in [1.82, 2.24) is 14.7 Å². The minimum atomic E-state index is -3.51. The van der Waals surface area contributed by atoms with Crippen LogP contribution >= 0.6 is 0 Å². The second-order valence-corrected chi connectivity index (χ2v) is 8.42. The van der Waals surface area contributed by atoms with Gasteiger partial charge in [-0.3, -0.25) is 0 Å². The highest BCUT2D eigenvalue weighted by Crippen LogP contribution is 2.17. The Bertz CT molecular complexity index is 968. The van der Waals surface area contributed by atoms with Gasteiger partial charge in [-0.1, -0.05) is 56.3 Å². The smallest absolute Gasteiger partial charge is 0.236 e. The van der Waals surface area contributed by atoms with Crippen LogP contribution in [0.4, 0.5) is 0 Å². The number of rotatable bonds is 7. The van der Waals surface area contributed by atoms with Crippen molar-refractivity contribution in [2.24, 2.45) is 0 Å². The molecule has 0 amide bonds. The van der Waals surface area contributed by atoms with Gasteiger partial charge in [-0.05, 0) is 35.6 Å². The standard InChI is InChI=1S/C21H23N3O2S/c1-16(2)18-8-10-20(11-9-18)27(25,26)24-13-12-17-14-22-21(23-15-17)19-6-4-3-5-7-19/h3-11,14-16,24H,12-13H2,1-2H3. The summed E-state index contributed by atoms with van der Waals surface area (Å²) >= 11 is 0. The van der Waals surface area contributed by atoms with Gasteiger partial charge in [0.25, 0.3) is 0 Å². The number of hydrogen-bond donors (Lipinski definition) is 1. The normalized spacial score (nSPS) is 11.7. The first kappa shape index (κ1) is 19.2. The van der Waals surface area contributed by atoms with E-state index in [0.717, 1.165) is 16.7 Å². The SMILES string of the molecule is CC(C)c1ccc(S(=O)(=O)NCCc2cnc(-c3ccccc3)nc2)cc1. The lowest BCUT2D eigenvalue weighted by Gasteiger charge is -2.09. The van der Waals surface area contributed by atoms with E-state index in [1.165, 1.54) is 0 Å². The fourth-order valence-electron chi connectivity index (χ4n) is 2.67. The largest absolute Gasteiger partial charge is 0.240 e. The number of nitrogens with zero attached hydrogens (tertiary/aromatic N) is 2. The molecule has 2 aromatic carbocycles. The van der Waals surface area contributed by atoms with E-state index in [1.807, 2.05) is 42.5 Å². The summed E-state index contributed by atoms with van der Waals surface area (Å²) in [6.45, 7) is 4.45. The van der Waals surface area contributed by atoms with Gasteiger partial charge < -0.3 is 0 Å². The third-order valence-corrected chi connectivity index (χ3v) is 5.78. The zero-order chi connectivity index (χ0) is 19.3. The van der Waals surface area contributed by atoms with Crippen LogP contribution in [0.5, 0.6) is 0 Å². The van der Waals surface area contributed by atoms with Crippen LogP contribution in [0, 0.1) is 0 Å². The molecular formula is C21H23N3O2S. The second-order valence-electron chi connectivity index (χ2n) is 6.65. The van der Waals surface area contributed by atoms with Crippen LogP contribution < -0.4 is 4.72 Å². The number of hydrogen-bond acceptors (Lipinski definition) is 4. The topological polar surface area (TPSA) is 72.0 Å². The summed E-state index contributed by atoms with van der Waals surface area (Å²) in [7, 11) is -3.51. The summed E-state index contributed by atoms with van der Waals surface area (Å²) in [5, 5.41) is 0. The van der Waals surface area contributed by atoms with Gasteiger partial charge in [0.2, 0.25) is 10.0 Å². The van der Waals surface area contributed by atoms with Crippen molar-refractivity contribution in [2.75, 3.05) is 6.54 Å². The predicted molar refractivity (Wildman–Crippen MR) is 107 cm³/mol. The van der Waals surface area contributed by atoms with E-state index in [0.29, 0.717) is 24.7 Å². The molecule has 0 aliphatic rings. The van der Waals surface area contributed by atoms with E-state index in [2.05, 4.69) is 28.5 Å². The number of nitrogens with one attached hydrogen (secondary N) is 1. The third kappa shape index (κ3) is 4.99. The molecule has 3 rings (SSSR count). The molecular weight excluding hydrogens is 358 g/mol. The van der Waals surface area contributed by atoms with Crippen molar-refractivity contribution in [1.29, 1.82) is 0 Å². The molecule has 0 saturated heterocycles. The van der Waals surface area contributed by atoms with Crippen LogP contribution in [0.25, 0.3) is 11.4 Å². The van der Waals surface area contributed by atoms with Crippen LogP contribution in [0.2, 0.25) is 0 Å². The molecule has 0 fully saturated rings. The van der Waals surface area contributed by atoms with Gasteiger partial charge in [-0.2, -0.15) is 0 Å². The number of aromatic nitrogens is 2. The van der Waals surface area contributed by atoms with Gasteiger partial charge in [0.15, 0.2) is 5.82 Å². The van der Waals surface area contributed by atoms with Gasteiger partial charge in [0.1, 0.15) is 0 Å². The Morgan fingerprint density at radius 3 is 2.15 bits per heavy atom. The Morgan fingerprint density at radius 2 is 1.56 bits per heavy atom. The molecule has 0 saturated carbocycles. The van der Waals surface area contributed by atoms with Crippen molar-refractivity contribution in [3.63, 3.8) is 0 Å². The highest BCUT2D eigenvalue weighted by atomic mass is 32.2. The van der Waals surface area contributed by atoms with E-state index in [9.17, 15) is 8.42 Å². The monoisotopic (exact) mass is 381 g/mol. The molecule has 0 spiro atoms. The van der Waals surface area contributed by atoms with Crippen LogP contribution in [0.1, 0.15) is 30.9 Å². The minimum Gasteiger partial charge on any atom is -0.236 e. The second kappa shape index (κ2) is 8.41. The van der Waals surface area contributed by atoms with Crippen molar-refractivity contribution in [2.45, 2.75) is 31.1 Å². The van der Waals surface area contributed by atoms with Gasteiger partial charge in [-0.25, -0.2) is 23.1 Å². The van der Waals surface area contributed by atoms with Crippen molar-refractivity contribution < 1.29 is 8.42 Å². The molecule has 1 N–H and O–H groups in total. The molecule has 140 valence electrons.